The predicted octanol–water partition coefficient (Wildman–Crippen LogP) is 1.73. The van der Waals surface area contributed by atoms with Gasteiger partial charge in [-0.05, 0) is 31.6 Å². The molecule has 2 heterocycles. The summed E-state index contributed by atoms with van der Waals surface area (Å²) >= 11 is 0. The standard InChI is InChI=1S/C14H28N2O/c1-11(2)14-7-15-12(3)8-16(14)9-13-5-4-6-17-10-13/h11-15H,4-10H2,1-3H3. The monoisotopic (exact) mass is 240 g/mol. The Labute approximate surface area is 106 Å². The maximum atomic E-state index is 5.60. The van der Waals surface area contributed by atoms with Crippen molar-refractivity contribution in [3.63, 3.8) is 0 Å². The first-order valence-corrected chi connectivity index (χ1v) is 7.22. The van der Waals surface area contributed by atoms with Crippen LogP contribution in [0.4, 0.5) is 0 Å². The maximum Gasteiger partial charge on any atom is 0.0506 e. The Bertz CT molecular complexity index is 226. The molecule has 100 valence electrons. The molecule has 3 heteroatoms. The van der Waals surface area contributed by atoms with Gasteiger partial charge in [-0.15, -0.1) is 0 Å². The van der Waals surface area contributed by atoms with E-state index in [-0.39, 0.29) is 0 Å². The molecule has 3 atom stereocenters. The SMILES string of the molecule is CC1CN(CC2CCCOC2)C(C(C)C)CN1. The van der Waals surface area contributed by atoms with E-state index in [0.29, 0.717) is 12.1 Å². The minimum absolute atomic E-state index is 0.634. The third kappa shape index (κ3) is 3.67. The van der Waals surface area contributed by atoms with Crippen molar-refractivity contribution in [2.75, 3.05) is 32.8 Å². The molecule has 0 aromatic carbocycles. The molecule has 2 rings (SSSR count). The Balaban J connectivity index is 1.89. The maximum absolute atomic E-state index is 5.60. The molecule has 0 saturated carbocycles. The van der Waals surface area contributed by atoms with Crippen molar-refractivity contribution in [3.05, 3.63) is 0 Å². The van der Waals surface area contributed by atoms with Crippen LogP contribution in [0.15, 0.2) is 0 Å². The van der Waals surface area contributed by atoms with Crippen molar-refractivity contribution < 1.29 is 4.74 Å². The highest BCUT2D eigenvalue weighted by Crippen LogP contribution is 2.20. The van der Waals surface area contributed by atoms with E-state index in [4.69, 9.17) is 4.74 Å². The van der Waals surface area contributed by atoms with E-state index in [1.54, 1.807) is 0 Å². The van der Waals surface area contributed by atoms with Crippen molar-refractivity contribution in [1.82, 2.24) is 10.2 Å². The zero-order valence-electron chi connectivity index (χ0n) is 11.6. The lowest BCUT2D eigenvalue weighted by atomic mass is 9.95. The highest BCUT2D eigenvalue weighted by molar-refractivity contribution is 4.87. The molecule has 3 nitrogen and oxygen atoms in total. The third-order valence-electron chi connectivity index (χ3n) is 4.17. The van der Waals surface area contributed by atoms with E-state index in [2.05, 4.69) is 31.0 Å². The molecule has 2 fully saturated rings. The van der Waals surface area contributed by atoms with Crippen molar-refractivity contribution in [1.29, 1.82) is 0 Å². The quantitative estimate of drug-likeness (QED) is 0.813. The van der Waals surface area contributed by atoms with Crippen LogP contribution in [0.3, 0.4) is 0 Å². The molecule has 17 heavy (non-hydrogen) atoms. The average molecular weight is 240 g/mol. The van der Waals surface area contributed by atoms with Crippen LogP contribution >= 0.6 is 0 Å². The van der Waals surface area contributed by atoms with Crippen molar-refractivity contribution in [2.24, 2.45) is 11.8 Å². The molecular weight excluding hydrogens is 212 g/mol. The zero-order chi connectivity index (χ0) is 12.3. The second-order valence-corrected chi connectivity index (χ2v) is 6.16. The van der Waals surface area contributed by atoms with Crippen molar-refractivity contribution in [3.8, 4) is 0 Å². The molecule has 3 unspecified atom stereocenters. The minimum Gasteiger partial charge on any atom is -0.381 e. The molecular formula is C14H28N2O. The summed E-state index contributed by atoms with van der Waals surface area (Å²) in [6, 6.07) is 1.34. The summed E-state index contributed by atoms with van der Waals surface area (Å²) in [5.41, 5.74) is 0. The van der Waals surface area contributed by atoms with E-state index in [9.17, 15) is 0 Å². The third-order valence-corrected chi connectivity index (χ3v) is 4.17. The topological polar surface area (TPSA) is 24.5 Å². The van der Waals surface area contributed by atoms with Gasteiger partial charge in [0.15, 0.2) is 0 Å². The van der Waals surface area contributed by atoms with Gasteiger partial charge in [0.2, 0.25) is 0 Å². The number of hydrogen-bond acceptors (Lipinski definition) is 3. The van der Waals surface area contributed by atoms with Crippen molar-refractivity contribution >= 4 is 0 Å². The summed E-state index contributed by atoms with van der Waals surface area (Å²) in [6.45, 7) is 12.5. The fraction of sp³-hybridized carbons (Fsp3) is 1.00. The fourth-order valence-electron chi connectivity index (χ4n) is 3.15. The largest absolute Gasteiger partial charge is 0.381 e. The summed E-state index contributed by atoms with van der Waals surface area (Å²) in [7, 11) is 0. The molecule has 0 aromatic heterocycles. The Morgan fingerprint density at radius 3 is 2.88 bits per heavy atom. The molecule has 0 radical (unpaired) electrons. The molecule has 1 N–H and O–H groups in total. The summed E-state index contributed by atoms with van der Waals surface area (Å²) in [5, 5.41) is 3.61. The number of rotatable bonds is 3. The van der Waals surface area contributed by atoms with Gasteiger partial charge in [0.1, 0.15) is 0 Å². The Kier molecular flexibility index (Phi) is 4.83. The summed E-state index contributed by atoms with van der Waals surface area (Å²) in [6.07, 6.45) is 2.60. The molecule has 2 aliphatic rings. The van der Waals surface area contributed by atoms with Gasteiger partial charge in [0.05, 0.1) is 6.61 Å². The first kappa shape index (κ1) is 13.3. The van der Waals surface area contributed by atoms with E-state index in [0.717, 1.165) is 31.6 Å². The van der Waals surface area contributed by atoms with Gasteiger partial charge in [-0.3, -0.25) is 4.90 Å². The fourth-order valence-corrected chi connectivity index (χ4v) is 3.15. The summed E-state index contributed by atoms with van der Waals surface area (Å²) < 4.78 is 5.60. The van der Waals surface area contributed by atoms with Crippen LogP contribution in [0, 0.1) is 11.8 Å². The lowest BCUT2D eigenvalue weighted by Crippen LogP contribution is -2.58. The van der Waals surface area contributed by atoms with E-state index >= 15 is 0 Å². The lowest BCUT2D eigenvalue weighted by Gasteiger charge is -2.43. The van der Waals surface area contributed by atoms with E-state index < -0.39 is 0 Å². The number of nitrogens with one attached hydrogen (secondary N) is 1. The predicted molar refractivity (Wildman–Crippen MR) is 71.2 cm³/mol. The summed E-state index contributed by atoms with van der Waals surface area (Å²) in [5.74, 6) is 1.50. The van der Waals surface area contributed by atoms with Gasteiger partial charge in [-0.1, -0.05) is 13.8 Å². The van der Waals surface area contributed by atoms with Gasteiger partial charge in [0, 0.05) is 38.3 Å². The average Bonchev–Trinajstić information content (AvgIpc) is 2.30. The van der Waals surface area contributed by atoms with Gasteiger partial charge < -0.3 is 10.1 Å². The van der Waals surface area contributed by atoms with Crippen molar-refractivity contribution in [2.45, 2.75) is 45.7 Å². The van der Waals surface area contributed by atoms with Gasteiger partial charge in [0.25, 0.3) is 0 Å². The lowest BCUT2D eigenvalue weighted by molar-refractivity contribution is 0.0155. The van der Waals surface area contributed by atoms with Crippen LogP contribution in [-0.2, 0) is 4.74 Å². The van der Waals surface area contributed by atoms with Crippen LogP contribution < -0.4 is 5.32 Å². The van der Waals surface area contributed by atoms with Crippen LogP contribution in [0.25, 0.3) is 0 Å². The Hall–Kier alpha value is -0.120. The Morgan fingerprint density at radius 2 is 2.24 bits per heavy atom. The molecule has 2 saturated heterocycles. The van der Waals surface area contributed by atoms with Crippen LogP contribution in [0.1, 0.15) is 33.6 Å². The van der Waals surface area contributed by atoms with Gasteiger partial charge >= 0.3 is 0 Å². The second kappa shape index (κ2) is 6.17. The Morgan fingerprint density at radius 1 is 1.41 bits per heavy atom. The number of ether oxygens (including phenoxy) is 1. The second-order valence-electron chi connectivity index (χ2n) is 6.16. The summed E-state index contributed by atoms with van der Waals surface area (Å²) in [4.78, 5) is 2.70. The first-order chi connectivity index (χ1) is 8.16. The molecule has 0 spiro atoms. The smallest absolute Gasteiger partial charge is 0.0506 e. The normalized spacial score (nSPS) is 36.4. The van der Waals surface area contributed by atoms with E-state index in [1.807, 2.05) is 0 Å². The highest BCUT2D eigenvalue weighted by atomic mass is 16.5. The number of piperazine rings is 1. The molecule has 0 aromatic rings. The van der Waals surface area contributed by atoms with Gasteiger partial charge in [-0.25, -0.2) is 0 Å². The molecule has 0 amide bonds. The molecule has 0 bridgehead atoms. The number of hydrogen-bond donors (Lipinski definition) is 1. The molecule has 0 aliphatic carbocycles. The van der Waals surface area contributed by atoms with E-state index in [1.165, 1.54) is 25.9 Å². The highest BCUT2D eigenvalue weighted by Gasteiger charge is 2.30. The van der Waals surface area contributed by atoms with Crippen LogP contribution in [-0.4, -0.2) is 49.8 Å². The first-order valence-electron chi connectivity index (χ1n) is 7.22. The zero-order valence-corrected chi connectivity index (χ0v) is 11.6. The van der Waals surface area contributed by atoms with Gasteiger partial charge in [-0.2, -0.15) is 0 Å². The van der Waals surface area contributed by atoms with Crippen LogP contribution in [0.5, 0.6) is 0 Å². The minimum atomic E-state index is 0.634. The molecule has 2 aliphatic heterocycles. The van der Waals surface area contributed by atoms with Crippen LogP contribution in [0.2, 0.25) is 0 Å². The number of nitrogens with zero attached hydrogens (tertiary/aromatic N) is 1.